The second-order valence-corrected chi connectivity index (χ2v) is 14.5. The highest BCUT2D eigenvalue weighted by molar-refractivity contribution is 6.22. The quantitative estimate of drug-likeness (QED) is 0.139. The molecule has 0 amide bonds. The molecule has 0 atom stereocenters. The van der Waals surface area contributed by atoms with E-state index in [4.69, 9.17) is 19.8 Å². The van der Waals surface area contributed by atoms with Gasteiger partial charge in [0.1, 0.15) is 11.2 Å². The van der Waals surface area contributed by atoms with Crippen molar-refractivity contribution < 1.29 is 4.42 Å². The summed E-state index contributed by atoms with van der Waals surface area (Å²) in [5.41, 5.74) is 13.8. The Morgan fingerprint density at radius 3 is 1.86 bits per heavy atom. The summed E-state index contributed by atoms with van der Waals surface area (Å²) < 4.78 is 6.86. The van der Waals surface area contributed by atoms with Gasteiger partial charge in [0.2, 0.25) is 0 Å². The number of benzene rings is 9. The predicted molar refractivity (Wildman–Crippen MR) is 238 cm³/mol. The van der Waals surface area contributed by atoms with Gasteiger partial charge in [0, 0.05) is 39.1 Å². The van der Waals surface area contributed by atoms with Crippen molar-refractivity contribution in [2.45, 2.75) is 0 Å². The number of fused-ring (bicyclic) bond motifs is 8. The summed E-state index contributed by atoms with van der Waals surface area (Å²) >= 11 is 0. The minimum Gasteiger partial charge on any atom is -0.455 e. The van der Waals surface area contributed by atoms with E-state index < -0.39 is 0 Å². The van der Waals surface area contributed by atoms with E-state index >= 15 is 0 Å². The van der Waals surface area contributed by atoms with Gasteiger partial charge in [0.25, 0.3) is 0 Å². The number of hydrogen-bond acceptors (Lipinski definition) is 2. The van der Waals surface area contributed by atoms with Crippen molar-refractivity contribution in [3.05, 3.63) is 205 Å². The maximum atomic E-state index is 8.96. The highest BCUT2D eigenvalue weighted by Gasteiger charge is 2.23. The molecule has 0 radical (unpaired) electrons. The van der Waals surface area contributed by atoms with Crippen LogP contribution in [-0.4, -0.2) is 17.9 Å². The van der Waals surface area contributed by atoms with Crippen LogP contribution in [0.3, 0.4) is 0 Å². The molecule has 1 aliphatic carbocycles. The number of nitrogens with zero attached hydrogens (tertiary/aromatic N) is 2. The van der Waals surface area contributed by atoms with E-state index in [1.54, 1.807) is 6.21 Å². The molecule has 10 aromatic rings. The van der Waals surface area contributed by atoms with Crippen molar-refractivity contribution >= 4 is 61.4 Å². The monoisotopic (exact) mass is 727 g/mol. The maximum Gasteiger partial charge on any atom is 0.161 e. The lowest BCUT2D eigenvalue weighted by molar-refractivity contribution is 0.674. The van der Waals surface area contributed by atoms with Crippen LogP contribution in [0.15, 0.2) is 202 Å². The van der Waals surface area contributed by atoms with E-state index in [1.807, 2.05) is 84.9 Å². The van der Waals surface area contributed by atoms with Crippen LogP contribution in [0, 0.1) is 5.41 Å². The average molecular weight is 728 g/mol. The van der Waals surface area contributed by atoms with Crippen molar-refractivity contribution in [2.75, 3.05) is 0 Å². The Bertz CT molecular complexity index is 3280. The SMILES string of the molecule is N=C(N=C(N=Cc1ccccc1)c1ccccc1)c1ccc(-c2cccc3c2oc2c4ccccc4c(-c4ccc5c(c4)-c4cccc6cccc-5c46)cc32)cc1. The smallest absolute Gasteiger partial charge is 0.161 e. The van der Waals surface area contributed by atoms with Gasteiger partial charge in [0.05, 0.1) is 0 Å². The van der Waals surface area contributed by atoms with Crippen LogP contribution in [0.1, 0.15) is 16.7 Å². The van der Waals surface area contributed by atoms with Crippen LogP contribution in [0.25, 0.3) is 88.0 Å². The minimum atomic E-state index is 0.138. The van der Waals surface area contributed by atoms with E-state index in [1.165, 1.54) is 44.2 Å². The van der Waals surface area contributed by atoms with E-state index in [-0.39, 0.29) is 5.84 Å². The zero-order valence-electron chi connectivity index (χ0n) is 30.8. The third kappa shape index (κ3) is 5.50. The van der Waals surface area contributed by atoms with Crippen LogP contribution >= 0.6 is 0 Å². The van der Waals surface area contributed by atoms with Gasteiger partial charge in [-0.3, -0.25) is 5.41 Å². The zero-order chi connectivity index (χ0) is 37.9. The van der Waals surface area contributed by atoms with Gasteiger partial charge in [-0.05, 0) is 72.8 Å². The van der Waals surface area contributed by atoms with Crippen LogP contribution < -0.4 is 0 Å². The lowest BCUT2D eigenvalue weighted by Gasteiger charge is -2.11. The van der Waals surface area contributed by atoms with Crippen molar-refractivity contribution in [3.8, 4) is 44.5 Å². The summed E-state index contributed by atoms with van der Waals surface area (Å²) in [5, 5.41) is 16.0. The molecular formula is C53H33N3O. The van der Waals surface area contributed by atoms with Crippen LogP contribution in [0.4, 0.5) is 0 Å². The van der Waals surface area contributed by atoms with Crippen molar-refractivity contribution in [3.63, 3.8) is 0 Å². The molecule has 11 rings (SSSR count). The molecule has 0 unspecified atom stereocenters. The molecule has 0 bridgehead atoms. The average Bonchev–Trinajstić information content (AvgIpc) is 3.82. The molecule has 0 aliphatic heterocycles. The first kappa shape index (κ1) is 32.7. The first-order valence-electron chi connectivity index (χ1n) is 19.1. The van der Waals surface area contributed by atoms with Crippen molar-refractivity contribution in [1.82, 2.24) is 0 Å². The van der Waals surface area contributed by atoms with Gasteiger partial charge < -0.3 is 4.42 Å². The Kier molecular flexibility index (Phi) is 7.61. The van der Waals surface area contributed by atoms with E-state index in [0.29, 0.717) is 11.4 Å². The van der Waals surface area contributed by atoms with Crippen LogP contribution in [0.5, 0.6) is 0 Å². The molecule has 1 N–H and O–H groups in total. The number of furan rings is 1. The maximum absolute atomic E-state index is 8.96. The molecule has 1 aromatic heterocycles. The third-order valence-corrected chi connectivity index (χ3v) is 11.2. The Labute approximate surface area is 329 Å². The summed E-state index contributed by atoms with van der Waals surface area (Å²) in [5.74, 6) is 0.619. The number of amidine groups is 2. The fourth-order valence-corrected chi connectivity index (χ4v) is 8.45. The number of para-hydroxylation sites is 1. The fraction of sp³-hybridized carbons (Fsp3) is 0. The number of hydrogen-bond donors (Lipinski definition) is 1. The topological polar surface area (TPSA) is 61.7 Å². The summed E-state index contributed by atoms with van der Waals surface area (Å²) in [6, 6.07) is 65.1. The Morgan fingerprint density at radius 2 is 1.07 bits per heavy atom. The Hall–Kier alpha value is -7.69. The molecule has 0 spiro atoms. The largest absolute Gasteiger partial charge is 0.455 e. The summed E-state index contributed by atoms with van der Waals surface area (Å²) in [6.45, 7) is 0. The highest BCUT2D eigenvalue weighted by atomic mass is 16.3. The second kappa shape index (κ2) is 13.3. The van der Waals surface area contributed by atoms with Gasteiger partial charge in [-0.1, -0.05) is 176 Å². The molecule has 9 aromatic carbocycles. The molecular weight excluding hydrogens is 695 g/mol. The minimum absolute atomic E-state index is 0.138. The predicted octanol–water partition coefficient (Wildman–Crippen LogP) is 13.8. The second-order valence-electron chi connectivity index (χ2n) is 14.5. The van der Waals surface area contributed by atoms with Crippen molar-refractivity contribution in [1.29, 1.82) is 5.41 Å². The summed E-state index contributed by atoms with van der Waals surface area (Å²) in [7, 11) is 0. The lowest BCUT2D eigenvalue weighted by Crippen LogP contribution is -2.04. The molecule has 0 saturated heterocycles. The summed E-state index contributed by atoms with van der Waals surface area (Å²) in [4.78, 5) is 9.40. The number of rotatable bonds is 5. The molecule has 1 heterocycles. The molecule has 266 valence electrons. The third-order valence-electron chi connectivity index (χ3n) is 11.2. The van der Waals surface area contributed by atoms with E-state index in [0.717, 1.165) is 55.0 Å². The zero-order valence-corrected chi connectivity index (χ0v) is 30.8. The van der Waals surface area contributed by atoms with E-state index in [9.17, 15) is 0 Å². The molecule has 57 heavy (non-hydrogen) atoms. The van der Waals surface area contributed by atoms with Crippen LogP contribution in [-0.2, 0) is 0 Å². The Balaban J connectivity index is 0.979. The number of nitrogens with one attached hydrogen (secondary N) is 1. The van der Waals surface area contributed by atoms with Gasteiger partial charge in [-0.15, -0.1) is 0 Å². The molecule has 4 heteroatoms. The first-order chi connectivity index (χ1) is 28.2. The highest BCUT2D eigenvalue weighted by Crippen LogP contribution is 2.49. The fourth-order valence-electron chi connectivity index (χ4n) is 8.45. The number of aliphatic imine (C=N–C) groups is 2. The normalized spacial score (nSPS) is 12.3. The lowest BCUT2D eigenvalue weighted by atomic mass is 9.92. The van der Waals surface area contributed by atoms with Gasteiger partial charge in [0.15, 0.2) is 11.7 Å². The molecule has 0 saturated carbocycles. The summed E-state index contributed by atoms with van der Waals surface area (Å²) in [6.07, 6.45) is 1.79. The first-order valence-corrected chi connectivity index (χ1v) is 19.1. The molecule has 0 fully saturated rings. The molecule has 1 aliphatic rings. The molecule has 4 nitrogen and oxygen atoms in total. The van der Waals surface area contributed by atoms with Crippen LogP contribution in [0.2, 0.25) is 0 Å². The van der Waals surface area contributed by atoms with Gasteiger partial charge in [-0.2, -0.15) is 0 Å². The van der Waals surface area contributed by atoms with E-state index in [2.05, 4.69) is 103 Å². The van der Waals surface area contributed by atoms with Gasteiger partial charge in [-0.25, -0.2) is 9.98 Å². The standard InChI is InChI=1S/C53H33N3O/c54-52(56-53(37-14-5-2-6-15-37)55-32-33-12-3-1-4-13-33)36-26-24-34(25-27-36)39-20-11-23-45-48-31-46(40-18-7-8-19-44(40)51(48)57-50(39)45)38-28-29-41-42-21-9-16-35-17-10-22-43(49(35)42)47(41)30-38/h1-32,54H. The van der Waals surface area contributed by atoms with Crippen molar-refractivity contribution in [2.24, 2.45) is 9.98 Å². The Morgan fingerprint density at radius 1 is 0.439 bits per heavy atom. The van der Waals surface area contributed by atoms with Gasteiger partial charge >= 0.3 is 0 Å².